The summed E-state index contributed by atoms with van der Waals surface area (Å²) in [6.07, 6.45) is 1.82. The molecule has 100 valence electrons. The highest BCUT2D eigenvalue weighted by molar-refractivity contribution is 6.36. The lowest BCUT2D eigenvalue weighted by atomic mass is 9.97. The molecule has 5 heteroatoms. The van der Waals surface area contributed by atoms with Gasteiger partial charge in [0.05, 0.1) is 5.02 Å². The van der Waals surface area contributed by atoms with Gasteiger partial charge >= 0.3 is 5.97 Å². The van der Waals surface area contributed by atoms with E-state index in [4.69, 9.17) is 16.7 Å². The zero-order chi connectivity index (χ0) is 14.0. The lowest BCUT2D eigenvalue weighted by molar-refractivity contribution is -0.137. The number of ketones is 1. The summed E-state index contributed by atoms with van der Waals surface area (Å²) in [7, 11) is 0. The van der Waals surface area contributed by atoms with E-state index in [0.717, 1.165) is 5.52 Å². The summed E-state index contributed by atoms with van der Waals surface area (Å²) in [6, 6.07) is 5.39. The number of hydrogen-bond acceptors (Lipinski definition) is 2. The summed E-state index contributed by atoms with van der Waals surface area (Å²) >= 11 is 6.10. The third kappa shape index (κ3) is 2.96. The smallest absolute Gasteiger partial charge is 0.303 e. The van der Waals surface area contributed by atoms with Crippen LogP contribution in [0.5, 0.6) is 0 Å². The van der Waals surface area contributed by atoms with Crippen LogP contribution in [0.2, 0.25) is 5.02 Å². The SMILES string of the molecule is CC(CC(=O)O)CC(=O)c1c[nH]c2cccc(Cl)c12. The van der Waals surface area contributed by atoms with E-state index >= 15 is 0 Å². The highest BCUT2D eigenvalue weighted by Crippen LogP contribution is 2.28. The number of fused-ring (bicyclic) bond motifs is 1. The number of H-pyrrole nitrogens is 1. The number of carbonyl (C=O) groups excluding carboxylic acids is 1. The lowest BCUT2D eigenvalue weighted by Crippen LogP contribution is -2.10. The number of hydrogen-bond donors (Lipinski definition) is 2. The van der Waals surface area contributed by atoms with E-state index in [-0.39, 0.29) is 24.5 Å². The summed E-state index contributed by atoms with van der Waals surface area (Å²) in [6.45, 7) is 1.75. The van der Waals surface area contributed by atoms with Gasteiger partial charge in [-0.05, 0) is 18.1 Å². The Hall–Kier alpha value is -1.81. The van der Waals surface area contributed by atoms with Gasteiger partial charge < -0.3 is 10.1 Å². The van der Waals surface area contributed by atoms with Crippen molar-refractivity contribution in [3.63, 3.8) is 0 Å². The minimum absolute atomic E-state index is 0.0121. The molecule has 0 bridgehead atoms. The molecule has 0 amide bonds. The van der Waals surface area contributed by atoms with Crippen molar-refractivity contribution in [3.05, 3.63) is 35.0 Å². The second-order valence-corrected chi connectivity index (χ2v) is 5.10. The number of carboxylic acids is 1. The molecular formula is C14H14ClNO3. The van der Waals surface area contributed by atoms with Gasteiger partial charge in [-0.1, -0.05) is 24.6 Å². The maximum Gasteiger partial charge on any atom is 0.303 e. The zero-order valence-electron chi connectivity index (χ0n) is 10.4. The number of rotatable bonds is 5. The number of Topliss-reactive ketones (excluding diaryl/α,β-unsaturated/α-hetero) is 1. The van der Waals surface area contributed by atoms with E-state index < -0.39 is 5.97 Å². The van der Waals surface area contributed by atoms with Crippen LogP contribution in [-0.4, -0.2) is 21.8 Å². The summed E-state index contributed by atoms with van der Waals surface area (Å²) in [5, 5.41) is 9.93. The van der Waals surface area contributed by atoms with Crippen molar-refractivity contribution in [1.82, 2.24) is 4.98 Å². The summed E-state index contributed by atoms with van der Waals surface area (Å²) in [5.74, 6) is -1.18. The van der Waals surface area contributed by atoms with Crippen molar-refractivity contribution in [2.24, 2.45) is 5.92 Å². The summed E-state index contributed by atoms with van der Waals surface area (Å²) in [5.41, 5.74) is 1.33. The van der Waals surface area contributed by atoms with E-state index in [1.54, 1.807) is 19.2 Å². The van der Waals surface area contributed by atoms with Crippen molar-refractivity contribution in [2.45, 2.75) is 19.8 Å². The molecule has 0 fully saturated rings. The molecule has 4 nitrogen and oxygen atoms in total. The first kappa shape index (κ1) is 13.6. The second-order valence-electron chi connectivity index (χ2n) is 4.70. The number of aliphatic carboxylic acids is 1. The maximum atomic E-state index is 12.2. The molecule has 1 aromatic carbocycles. The molecule has 2 rings (SSSR count). The van der Waals surface area contributed by atoms with Gasteiger partial charge in [-0.15, -0.1) is 0 Å². The van der Waals surface area contributed by atoms with E-state index in [9.17, 15) is 9.59 Å². The Kier molecular flexibility index (Phi) is 3.90. The third-order valence-corrected chi connectivity index (χ3v) is 3.33. The van der Waals surface area contributed by atoms with Crippen LogP contribution in [0.3, 0.4) is 0 Å². The molecule has 0 saturated heterocycles. The Morgan fingerprint density at radius 3 is 2.79 bits per heavy atom. The first-order chi connectivity index (χ1) is 8.99. The van der Waals surface area contributed by atoms with Crippen LogP contribution in [0.4, 0.5) is 0 Å². The fraction of sp³-hybridized carbons (Fsp3) is 0.286. The van der Waals surface area contributed by atoms with Gasteiger partial charge in [-0.2, -0.15) is 0 Å². The maximum absolute atomic E-state index is 12.2. The molecule has 0 spiro atoms. The summed E-state index contributed by atoms with van der Waals surface area (Å²) < 4.78 is 0. The molecule has 1 heterocycles. The molecule has 0 saturated carbocycles. The zero-order valence-corrected chi connectivity index (χ0v) is 11.2. The van der Waals surface area contributed by atoms with Crippen LogP contribution < -0.4 is 0 Å². The molecule has 19 heavy (non-hydrogen) atoms. The van der Waals surface area contributed by atoms with Gasteiger partial charge in [-0.3, -0.25) is 9.59 Å². The Bertz CT molecular complexity index is 633. The van der Waals surface area contributed by atoms with Gasteiger partial charge in [-0.25, -0.2) is 0 Å². The summed E-state index contributed by atoms with van der Waals surface area (Å²) in [4.78, 5) is 25.8. The molecule has 2 aromatic rings. The van der Waals surface area contributed by atoms with Gasteiger partial charge in [0.2, 0.25) is 0 Å². The van der Waals surface area contributed by atoms with Crippen molar-refractivity contribution in [1.29, 1.82) is 0 Å². The van der Waals surface area contributed by atoms with Crippen molar-refractivity contribution in [2.75, 3.05) is 0 Å². The molecule has 0 aliphatic rings. The average Bonchev–Trinajstić information content (AvgIpc) is 2.72. The van der Waals surface area contributed by atoms with E-state index in [0.29, 0.717) is 16.0 Å². The number of carbonyl (C=O) groups is 2. The van der Waals surface area contributed by atoms with Crippen molar-refractivity contribution < 1.29 is 14.7 Å². The van der Waals surface area contributed by atoms with Crippen LogP contribution in [0.15, 0.2) is 24.4 Å². The second kappa shape index (κ2) is 5.45. The number of halogens is 1. The number of nitrogens with one attached hydrogen (secondary N) is 1. The van der Waals surface area contributed by atoms with Crippen LogP contribution in [-0.2, 0) is 4.79 Å². The van der Waals surface area contributed by atoms with E-state index in [1.165, 1.54) is 0 Å². The van der Waals surface area contributed by atoms with Crippen molar-refractivity contribution in [3.8, 4) is 0 Å². The highest BCUT2D eigenvalue weighted by Gasteiger charge is 2.18. The normalized spacial score (nSPS) is 12.5. The molecule has 0 aliphatic heterocycles. The van der Waals surface area contributed by atoms with E-state index in [2.05, 4.69) is 4.98 Å². The highest BCUT2D eigenvalue weighted by atomic mass is 35.5. The Balaban J connectivity index is 2.25. The standard InChI is InChI=1S/C14H14ClNO3/c1-8(6-13(18)19)5-12(17)9-7-16-11-4-2-3-10(15)14(9)11/h2-4,7-8,16H,5-6H2,1H3,(H,18,19). The van der Waals surface area contributed by atoms with Crippen LogP contribution >= 0.6 is 11.6 Å². The van der Waals surface area contributed by atoms with Gasteiger partial charge in [0.1, 0.15) is 0 Å². The fourth-order valence-electron chi connectivity index (χ4n) is 2.16. The fourth-order valence-corrected chi connectivity index (χ4v) is 2.43. The number of aromatic nitrogens is 1. The molecule has 1 aromatic heterocycles. The number of aromatic amines is 1. The van der Waals surface area contributed by atoms with Crippen LogP contribution in [0, 0.1) is 5.92 Å². The van der Waals surface area contributed by atoms with E-state index in [1.807, 2.05) is 12.1 Å². The number of benzene rings is 1. The quantitative estimate of drug-likeness (QED) is 0.823. The van der Waals surface area contributed by atoms with Gasteiger partial charge in [0.15, 0.2) is 5.78 Å². The Morgan fingerprint density at radius 2 is 2.11 bits per heavy atom. The molecule has 1 unspecified atom stereocenters. The monoisotopic (exact) mass is 279 g/mol. The first-order valence-corrected chi connectivity index (χ1v) is 6.37. The van der Waals surface area contributed by atoms with Crippen LogP contribution in [0.1, 0.15) is 30.1 Å². The molecule has 0 radical (unpaired) electrons. The molecular weight excluding hydrogens is 266 g/mol. The number of carboxylic acid groups (broad SMARTS) is 1. The van der Waals surface area contributed by atoms with Crippen LogP contribution in [0.25, 0.3) is 10.9 Å². The average molecular weight is 280 g/mol. The van der Waals surface area contributed by atoms with Gasteiger partial charge in [0.25, 0.3) is 0 Å². The van der Waals surface area contributed by atoms with Gasteiger partial charge in [0, 0.05) is 35.5 Å². The largest absolute Gasteiger partial charge is 0.481 e. The third-order valence-electron chi connectivity index (χ3n) is 3.01. The molecule has 1 atom stereocenters. The minimum atomic E-state index is -0.891. The Morgan fingerprint density at radius 1 is 1.37 bits per heavy atom. The lowest BCUT2D eigenvalue weighted by Gasteiger charge is -2.07. The molecule has 2 N–H and O–H groups in total. The predicted octanol–water partition coefficient (Wildman–Crippen LogP) is 3.50. The minimum Gasteiger partial charge on any atom is -0.481 e. The first-order valence-electron chi connectivity index (χ1n) is 5.99. The van der Waals surface area contributed by atoms with Crippen molar-refractivity contribution >= 4 is 34.3 Å². The topological polar surface area (TPSA) is 70.2 Å². The molecule has 0 aliphatic carbocycles. The predicted molar refractivity (Wildman–Crippen MR) is 73.7 cm³/mol. The Labute approximate surface area is 115 Å².